The fourth-order valence-corrected chi connectivity index (χ4v) is 9.60. The molecule has 2 heterocycles. The van der Waals surface area contributed by atoms with Crippen LogP contribution in [-0.2, 0) is 0 Å². The molecular weight excluding hydrogens is 687 g/mol. The number of rotatable bonds is 6. The Morgan fingerprint density at radius 3 is 1.82 bits per heavy atom. The summed E-state index contributed by atoms with van der Waals surface area (Å²) in [5, 5.41) is 7.22. The predicted octanol–water partition coefficient (Wildman–Crippen LogP) is 15.6. The van der Waals surface area contributed by atoms with Crippen molar-refractivity contribution in [2.45, 2.75) is 0 Å². The molecule has 0 saturated heterocycles. The lowest BCUT2D eigenvalue weighted by atomic mass is 9.89. The molecule has 0 bridgehead atoms. The molecule has 0 N–H and O–H groups in total. The van der Waals surface area contributed by atoms with E-state index in [-0.39, 0.29) is 0 Å². The Labute approximate surface area is 322 Å². The highest BCUT2D eigenvalue weighted by molar-refractivity contribution is 7.26. The quantitative estimate of drug-likeness (QED) is 0.170. The maximum atomic E-state index is 6.48. The Kier molecular flexibility index (Phi) is 7.39. The van der Waals surface area contributed by atoms with E-state index in [4.69, 9.17) is 4.42 Å². The summed E-state index contributed by atoms with van der Waals surface area (Å²) < 4.78 is 9.03. The van der Waals surface area contributed by atoms with E-state index >= 15 is 0 Å². The SMILES string of the molecule is c1ccc(-c2ccc3ccccc3c2-c2ccc(N(c3ccc4c(c3)oc3ccccc34)c3ccc(-c4ccccc4)c4sc5ccccc5c34)cc2)cc1. The topological polar surface area (TPSA) is 16.4 Å². The summed E-state index contributed by atoms with van der Waals surface area (Å²) in [5.41, 5.74) is 12.3. The maximum Gasteiger partial charge on any atom is 0.137 e. The maximum absolute atomic E-state index is 6.48. The first-order valence-corrected chi connectivity index (χ1v) is 19.5. The Bertz CT molecular complexity index is 3190. The van der Waals surface area contributed by atoms with Gasteiger partial charge in [0.1, 0.15) is 11.2 Å². The number of thiophene rings is 1. The molecule has 0 radical (unpaired) electrons. The number of anilines is 3. The Morgan fingerprint density at radius 2 is 1.02 bits per heavy atom. The van der Waals surface area contributed by atoms with Gasteiger partial charge in [-0.1, -0.05) is 152 Å². The van der Waals surface area contributed by atoms with Gasteiger partial charge in [-0.2, -0.15) is 0 Å². The first kappa shape index (κ1) is 31.6. The molecule has 258 valence electrons. The smallest absolute Gasteiger partial charge is 0.137 e. The van der Waals surface area contributed by atoms with Crippen LogP contribution in [0.4, 0.5) is 17.1 Å². The molecule has 9 aromatic carbocycles. The van der Waals surface area contributed by atoms with E-state index in [0.29, 0.717) is 0 Å². The second-order valence-electron chi connectivity index (χ2n) is 14.0. The largest absolute Gasteiger partial charge is 0.456 e. The summed E-state index contributed by atoms with van der Waals surface area (Å²) in [4.78, 5) is 2.41. The Balaban J connectivity index is 1.15. The van der Waals surface area contributed by atoms with Crippen molar-refractivity contribution in [3.05, 3.63) is 200 Å². The minimum atomic E-state index is 0.871. The lowest BCUT2D eigenvalue weighted by Crippen LogP contribution is -2.10. The van der Waals surface area contributed by atoms with Gasteiger partial charge >= 0.3 is 0 Å². The number of nitrogens with zero attached hydrogens (tertiary/aromatic N) is 1. The molecule has 0 aliphatic carbocycles. The summed E-state index contributed by atoms with van der Waals surface area (Å²) in [6.45, 7) is 0. The van der Waals surface area contributed by atoms with Crippen LogP contribution in [0.15, 0.2) is 205 Å². The molecule has 2 nitrogen and oxygen atoms in total. The molecule has 55 heavy (non-hydrogen) atoms. The van der Waals surface area contributed by atoms with Crippen molar-refractivity contribution >= 4 is 81.3 Å². The molecule has 0 aliphatic rings. The second-order valence-corrected chi connectivity index (χ2v) is 15.1. The zero-order chi connectivity index (χ0) is 36.3. The molecule has 0 aliphatic heterocycles. The highest BCUT2D eigenvalue weighted by Gasteiger charge is 2.22. The van der Waals surface area contributed by atoms with Crippen molar-refractivity contribution in [2.24, 2.45) is 0 Å². The van der Waals surface area contributed by atoms with Crippen molar-refractivity contribution in [3.8, 4) is 33.4 Å². The van der Waals surface area contributed by atoms with E-state index < -0.39 is 0 Å². The van der Waals surface area contributed by atoms with Gasteiger partial charge in [-0.3, -0.25) is 0 Å². The van der Waals surface area contributed by atoms with Crippen molar-refractivity contribution in [1.29, 1.82) is 0 Å². The molecule has 11 rings (SSSR count). The van der Waals surface area contributed by atoms with E-state index in [1.165, 1.54) is 64.3 Å². The first-order valence-electron chi connectivity index (χ1n) is 18.7. The molecule has 2 aromatic heterocycles. The lowest BCUT2D eigenvalue weighted by molar-refractivity contribution is 0.669. The van der Waals surface area contributed by atoms with Crippen LogP contribution in [0.25, 0.3) is 86.3 Å². The molecule has 0 saturated carbocycles. The van der Waals surface area contributed by atoms with E-state index in [0.717, 1.165) is 39.0 Å². The van der Waals surface area contributed by atoms with E-state index in [1.54, 1.807) is 0 Å². The molecular formula is C52H33NOS. The van der Waals surface area contributed by atoms with Gasteiger partial charge in [0.2, 0.25) is 0 Å². The number of furan rings is 1. The second kappa shape index (κ2) is 12.9. The van der Waals surface area contributed by atoms with Crippen LogP contribution < -0.4 is 4.90 Å². The Hall–Kier alpha value is -6.94. The van der Waals surface area contributed by atoms with Gasteiger partial charge in [-0.05, 0) is 86.6 Å². The highest BCUT2D eigenvalue weighted by Crippen LogP contribution is 2.49. The first-order chi connectivity index (χ1) is 27.3. The molecule has 0 spiro atoms. The normalized spacial score (nSPS) is 11.6. The van der Waals surface area contributed by atoms with Crippen LogP contribution in [0.3, 0.4) is 0 Å². The summed E-state index contributed by atoms with van der Waals surface area (Å²) >= 11 is 1.87. The third-order valence-corrected chi connectivity index (χ3v) is 12.1. The molecule has 11 aromatic rings. The van der Waals surface area contributed by atoms with Crippen LogP contribution >= 0.6 is 11.3 Å². The third-order valence-electron chi connectivity index (χ3n) is 10.9. The van der Waals surface area contributed by atoms with E-state index in [2.05, 4.69) is 193 Å². The number of hydrogen-bond donors (Lipinski definition) is 0. The molecule has 0 fully saturated rings. The number of para-hydroxylation sites is 1. The van der Waals surface area contributed by atoms with Gasteiger partial charge in [0, 0.05) is 48.4 Å². The van der Waals surface area contributed by atoms with Gasteiger partial charge in [-0.15, -0.1) is 11.3 Å². The average Bonchev–Trinajstić information content (AvgIpc) is 3.83. The van der Waals surface area contributed by atoms with Crippen LogP contribution in [0.2, 0.25) is 0 Å². The van der Waals surface area contributed by atoms with Gasteiger partial charge in [-0.25, -0.2) is 0 Å². The number of benzene rings is 9. The Morgan fingerprint density at radius 1 is 0.400 bits per heavy atom. The zero-order valence-corrected chi connectivity index (χ0v) is 30.6. The predicted molar refractivity (Wildman–Crippen MR) is 235 cm³/mol. The van der Waals surface area contributed by atoms with Crippen molar-refractivity contribution in [2.75, 3.05) is 4.90 Å². The fourth-order valence-electron chi connectivity index (χ4n) is 8.34. The average molecular weight is 720 g/mol. The number of hydrogen-bond acceptors (Lipinski definition) is 3. The molecule has 0 unspecified atom stereocenters. The third kappa shape index (κ3) is 5.24. The van der Waals surface area contributed by atoms with Crippen LogP contribution in [-0.4, -0.2) is 0 Å². The monoisotopic (exact) mass is 719 g/mol. The lowest BCUT2D eigenvalue weighted by Gasteiger charge is -2.27. The minimum absolute atomic E-state index is 0.871. The summed E-state index contributed by atoms with van der Waals surface area (Å²) in [6, 6.07) is 72.2. The van der Waals surface area contributed by atoms with Gasteiger partial charge in [0.05, 0.1) is 5.69 Å². The van der Waals surface area contributed by atoms with Crippen LogP contribution in [0.1, 0.15) is 0 Å². The van der Waals surface area contributed by atoms with Crippen LogP contribution in [0.5, 0.6) is 0 Å². The number of fused-ring (bicyclic) bond motifs is 7. The van der Waals surface area contributed by atoms with Crippen molar-refractivity contribution in [1.82, 2.24) is 0 Å². The molecule has 0 amide bonds. The van der Waals surface area contributed by atoms with E-state index in [1.807, 2.05) is 23.5 Å². The molecule has 3 heteroatoms. The molecule has 0 atom stereocenters. The summed E-state index contributed by atoms with van der Waals surface area (Å²) in [5.74, 6) is 0. The van der Waals surface area contributed by atoms with Crippen molar-refractivity contribution < 1.29 is 4.42 Å². The van der Waals surface area contributed by atoms with Crippen molar-refractivity contribution in [3.63, 3.8) is 0 Å². The van der Waals surface area contributed by atoms with E-state index in [9.17, 15) is 0 Å². The zero-order valence-electron chi connectivity index (χ0n) is 29.8. The van der Waals surface area contributed by atoms with Crippen LogP contribution in [0, 0.1) is 0 Å². The standard InChI is InChI=1S/C52H33NOS/c1-3-13-34(14-4-1)41-29-25-36-17-7-8-18-40(36)50(41)37-23-26-38(27-24-37)53(39-28-30-44-43-19-9-11-21-47(43)54-48(44)33-39)46-32-31-42(35-15-5-2-6-16-35)52-51(46)45-20-10-12-22-49(45)55-52/h1-33H. The van der Waals surface area contributed by atoms with Gasteiger partial charge in [0.15, 0.2) is 0 Å². The fraction of sp³-hybridized carbons (Fsp3) is 0. The summed E-state index contributed by atoms with van der Waals surface area (Å²) in [7, 11) is 0. The summed E-state index contributed by atoms with van der Waals surface area (Å²) in [6.07, 6.45) is 0. The van der Waals surface area contributed by atoms with Gasteiger partial charge in [0.25, 0.3) is 0 Å². The minimum Gasteiger partial charge on any atom is -0.456 e. The highest BCUT2D eigenvalue weighted by atomic mass is 32.1. The van der Waals surface area contributed by atoms with Gasteiger partial charge < -0.3 is 9.32 Å².